The maximum Gasteiger partial charge on any atom is 0.262 e. The molecule has 130 valence electrons. The van der Waals surface area contributed by atoms with E-state index in [1.807, 2.05) is 38.2 Å². The summed E-state index contributed by atoms with van der Waals surface area (Å²) < 4.78 is 27.9. The highest BCUT2D eigenvalue weighted by Gasteiger charge is 2.17. The molecule has 0 aromatic heterocycles. The SMILES string of the molecule is CCCCN(C)c1ccc(NS(=O)(=O)c2cc(C)ccc2C)cc1. The second-order valence-electron chi connectivity index (χ2n) is 6.20. The number of aryl methyl sites for hydroxylation is 2. The predicted molar refractivity (Wildman–Crippen MR) is 101 cm³/mol. The van der Waals surface area contributed by atoms with Crippen molar-refractivity contribution in [1.29, 1.82) is 0 Å². The molecule has 2 rings (SSSR count). The van der Waals surface area contributed by atoms with Crippen LogP contribution in [0.4, 0.5) is 11.4 Å². The van der Waals surface area contributed by atoms with Crippen molar-refractivity contribution < 1.29 is 8.42 Å². The van der Waals surface area contributed by atoms with E-state index in [0.717, 1.165) is 36.2 Å². The molecule has 0 saturated carbocycles. The predicted octanol–water partition coefficient (Wildman–Crippen LogP) is 4.34. The molecule has 0 aliphatic carbocycles. The van der Waals surface area contributed by atoms with Crippen molar-refractivity contribution in [2.75, 3.05) is 23.2 Å². The van der Waals surface area contributed by atoms with Crippen molar-refractivity contribution in [1.82, 2.24) is 0 Å². The van der Waals surface area contributed by atoms with Crippen molar-refractivity contribution in [2.45, 2.75) is 38.5 Å². The number of rotatable bonds is 7. The van der Waals surface area contributed by atoms with Gasteiger partial charge in [-0.25, -0.2) is 8.42 Å². The van der Waals surface area contributed by atoms with Gasteiger partial charge in [-0.05, 0) is 61.7 Å². The molecule has 1 N–H and O–H groups in total. The zero-order valence-corrected chi connectivity index (χ0v) is 15.7. The number of anilines is 2. The third kappa shape index (κ3) is 4.51. The first-order valence-electron chi connectivity index (χ1n) is 8.25. The van der Waals surface area contributed by atoms with Crippen LogP contribution in [0.2, 0.25) is 0 Å². The number of sulfonamides is 1. The van der Waals surface area contributed by atoms with Gasteiger partial charge in [0.25, 0.3) is 10.0 Å². The van der Waals surface area contributed by atoms with E-state index < -0.39 is 10.0 Å². The third-order valence-corrected chi connectivity index (χ3v) is 5.56. The molecule has 0 heterocycles. The summed E-state index contributed by atoms with van der Waals surface area (Å²) in [5.41, 5.74) is 3.32. The van der Waals surface area contributed by atoms with Crippen LogP contribution in [-0.4, -0.2) is 22.0 Å². The average molecular weight is 346 g/mol. The fourth-order valence-corrected chi connectivity index (χ4v) is 3.90. The lowest BCUT2D eigenvalue weighted by atomic mass is 10.2. The summed E-state index contributed by atoms with van der Waals surface area (Å²) >= 11 is 0. The van der Waals surface area contributed by atoms with Crippen LogP contribution < -0.4 is 9.62 Å². The second kappa shape index (κ2) is 7.71. The number of hydrogen-bond donors (Lipinski definition) is 1. The monoisotopic (exact) mass is 346 g/mol. The molecule has 0 bridgehead atoms. The van der Waals surface area contributed by atoms with Gasteiger partial charge in [0.15, 0.2) is 0 Å². The molecule has 2 aromatic carbocycles. The summed E-state index contributed by atoms with van der Waals surface area (Å²) in [6.07, 6.45) is 2.29. The van der Waals surface area contributed by atoms with Gasteiger partial charge in [0.1, 0.15) is 0 Å². The summed E-state index contributed by atoms with van der Waals surface area (Å²) in [5, 5.41) is 0. The van der Waals surface area contributed by atoms with Crippen molar-refractivity contribution in [3.63, 3.8) is 0 Å². The van der Waals surface area contributed by atoms with Crippen LogP contribution in [-0.2, 0) is 10.0 Å². The molecular weight excluding hydrogens is 320 g/mol. The Morgan fingerprint density at radius 2 is 1.71 bits per heavy atom. The van der Waals surface area contributed by atoms with Crippen molar-refractivity contribution in [3.05, 3.63) is 53.6 Å². The van der Waals surface area contributed by atoms with E-state index in [1.54, 1.807) is 25.1 Å². The molecule has 0 fully saturated rings. The minimum atomic E-state index is -3.58. The van der Waals surface area contributed by atoms with E-state index in [2.05, 4.69) is 16.5 Å². The maximum atomic E-state index is 12.6. The third-order valence-electron chi connectivity index (χ3n) is 4.04. The van der Waals surface area contributed by atoms with Crippen LogP contribution in [0.5, 0.6) is 0 Å². The zero-order chi connectivity index (χ0) is 17.7. The van der Waals surface area contributed by atoms with E-state index in [1.165, 1.54) is 0 Å². The summed E-state index contributed by atoms with van der Waals surface area (Å²) in [6, 6.07) is 12.9. The highest BCUT2D eigenvalue weighted by Crippen LogP contribution is 2.22. The number of nitrogens with one attached hydrogen (secondary N) is 1. The lowest BCUT2D eigenvalue weighted by Gasteiger charge is -2.19. The molecular formula is C19H26N2O2S. The van der Waals surface area contributed by atoms with Crippen molar-refractivity contribution in [3.8, 4) is 0 Å². The highest BCUT2D eigenvalue weighted by atomic mass is 32.2. The second-order valence-corrected chi connectivity index (χ2v) is 7.85. The standard InChI is InChI=1S/C19H26N2O2S/c1-5-6-13-21(4)18-11-9-17(10-12-18)20-24(22,23)19-14-15(2)7-8-16(19)3/h7-12,14,20H,5-6,13H2,1-4H3. The topological polar surface area (TPSA) is 49.4 Å². The van der Waals surface area contributed by atoms with Gasteiger partial charge in [-0.1, -0.05) is 25.5 Å². The molecule has 2 aromatic rings. The summed E-state index contributed by atoms with van der Waals surface area (Å²) in [7, 11) is -1.53. The molecule has 0 spiro atoms. The number of nitrogens with zero attached hydrogens (tertiary/aromatic N) is 1. The fraction of sp³-hybridized carbons (Fsp3) is 0.368. The molecule has 0 amide bonds. The van der Waals surface area contributed by atoms with Gasteiger partial charge in [0.2, 0.25) is 0 Å². The number of benzene rings is 2. The summed E-state index contributed by atoms with van der Waals surface area (Å²) in [5.74, 6) is 0. The molecule has 0 saturated heterocycles. The maximum absolute atomic E-state index is 12.6. The molecule has 4 nitrogen and oxygen atoms in total. The van der Waals surface area contributed by atoms with Gasteiger partial charge in [-0.3, -0.25) is 4.72 Å². The largest absolute Gasteiger partial charge is 0.375 e. The van der Waals surface area contributed by atoms with Crippen LogP contribution in [0.3, 0.4) is 0 Å². The smallest absolute Gasteiger partial charge is 0.262 e. The lowest BCUT2D eigenvalue weighted by molar-refractivity contribution is 0.600. The van der Waals surface area contributed by atoms with Crippen LogP contribution in [0, 0.1) is 13.8 Å². The summed E-state index contributed by atoms with van der Waals surface area (Å²) in [4.78, 5) is 2.50. The van der Waals surface area contributed by atoms with E-state index in [4.69, 9.17) is 0 Å². The molecule has 0 unspecified atom stereocenters. The van der Waals surface area contributed by atoms with Gasteiger partial charge in [-0.2, -0.15) is 0 Å². The van der Waals surface area contributed by atoms with Crippen molar-refractivity contribution in [2.24, 2.45) is 0 Å². The minimum absolute atomic E-state index is 0.326. The van der Waals surface area contributed by atoms with Gasteiger partial charge in [0.05, 0.1) is 4.90 Å². The average Bonchev–Trinajstić information content (AvgIpc) is 2.55. The quantitative estimate of drug-likeness (QED) is 0.811. The van der Waals surface area contributed by atoms with Gasteiger partial charge in [-0.15, -0.1) is 0 Å². The molecule has 0 radical (unpaired) electrons. The van der Waals surface area contributed by atoms with Crippen molar-refractivity contribution >= 4 is 21.4 Å². The molecule has 24 heavy (non-hydrogen) atoms. The first-order valence-corrected chi connectivity index (χ1v) is 9.73. The van der Waals surface area contributed by atoms with Gasteiger partial charge in [0, 0.05) is 25.0 Å². The minimum Gasteiger partial charge on any atom is -0.375 e. The number of unbranched alkanes of at least 4 members (excludes halogenated alkanes) is 1. The first kappa shape index (κ1) is 18.3. The molecule has 0 atom stereocenters. The Bertz CT molecular complexity index is 784. The van der Waals surface area contributed by atoms with Crippen LogP contribution >= 0.6 is 0 Å². The van der Waals surface area contributed by atoms with Crippen LogP contribution in [0.15, 0.2) is 47.4 Å². The zero-order valence-electron chi connectivity index (χ0n) is 14.8. The highest BCUT2D eigenvalue weighted by molar-refractivity contribution is 7.92. The molecule has 0 aliphatic heterocycles. The van der Waals surface area contributed by atoms with E-state index in [-0.39, 0.29) is 0 Å². The van der Waals surface area contributed by atoms with E-state index >= 15 is 0 Å². The normalized spacial score (nSPS) is 11.3. The van der Waals surface area contributed by atoms with E-state index in [9.17, 15) is 8.42 Å². The Balaban J connectivity index is 2.17. The molecule has 5 heteroatoms. The van der Waals surface area contributed by atoms with Gasteiger partial charge < -0.3 is 4.90 Å². The van der Waals surface area contributed by atoms with Crippen LogP contribution in [0.25, 0.3) is 0 Å². The van der Waals surface area contributed by atoms with E-state index in [0.29, 0.717) is 10.6 Å². The summed E-state index contributed by atoms with van der Waals surface area (Å²) in [6.45, 7) is 6.85. The Labute approximate surface area is 145 Å². The number of hydrogen-bond acceptors (Lipinski definition) is 3. The Hall–Kier alpha value is -2.01. The van der Waals surface area contributed by atoms with Crippen LogP contribution in [0.1, 0.15) is 30.9 Å². The molecule has 0 aliphatic rings. The van der Waals surface area contributed by atoms with Gasteiger partial charge >= 0.3 is 0 Å². The Kier molecular flexibility index (Phi) is 5.89. The first-order chi connectivity index (χ1) is 11.3. The Morgan fingerprint density at radius 3 is 2.33 bits per heavy atom. The fourth-order valence-electron chi connectivity index (χ4n) is 2.52. The lowest BCUT2D eigenvalue weighted by Crippen LogP contribution is -2.18. The Morgan fingerprint density at radius 1 is 1.04 bits per heavy atom.